The molecule has 11 nitrogen and oxygen atoms in total. The van der Waals surface area contributed by atoms with E-state index in [1.54, 1.807) is 53.7 Å². The van der Waals surface area contributed by atoms with Gasteiger partial charge in [-0.15, -0.1) is 0 Å². The number of phenols is 1. The van der Waals surface area contributed by atoms with Crippen LogP contribution in [-0.4, -0.2) is 75.4 Å². The third-order valence-electron chi connectivity index (χ3n) is 6.99. The highest BCUT2D eigenvalue weighted by Crippen LogP contribution is 2.27. The number of carbonyl (C=O) groups is 4. The van der Waals surface area contributed by atoms with E-state index in [-0.39, 0.29) is 24.3 Å². The molecular weight excluding hydrogens is 602 g/mol. The fourth-order valence-corrected chi connectivity index (χ4v) is 4.92. The Morgan fingerprint density at radius 1 is 0.809 bits per heavy atom. The largest absolute Gasteiger partial charge is 0.508 e. The summed E-state index contributed by atoms with van der Waals surface area (Å²) in [6.07, 6.45) is 3.44. The number of aromatic hydroxyl groups is 1. The number of alkyl carbamates (subject to hydrolysis) is 1. The molecule has 260 valence electrons. The van der Waals surface area contributed by atoms with Gasteiger partial charge in [0.1, 0.15) is 35.1 Å². The van der Waals surface area contributed by atoms with Crippen LogP contribution in [0.3, 0.4) is 0 Å². The lowest BCUT2D eigenvalue weighted by atomic mass is 10.00. The van der Waals surface area contributed by atoms with Gasteiger partial charge in [0.05, 0.1) is 6.61 Å². The molecule has 0 aliphatic carbocycles. The van der Waals surface area contributed by atoms with E-state index in [1.807, 2.05) is 30.3 Å². The van der Waals surface area contributed by atoms with Gasteiger partial charge in [0.2, 0.25) is 11.8 Å². The van der Waals surface area contributed by atoms with Crippen LogP contribution in [0.15, 0.2) is 54.6 Å². The Kier molecular flexibility index (Phi) is 15.2. The monoisotopic (exact) mass is 655 g/mol. The van der Waals surface area contributed by atoms with E-state index in [2.05, 4.69) is 17.6 Å². The summed E-state index contributed by atoms with van der Waals surface area (Å²) < 4.78 is 11.0. The molecular formula is C36H53N3O8. The number of nitrogens with zero attached hydrogens (tertiary/aromatic N) is 1. The minimum Gasteiger partial charge on any atom is -0.508 e. The fourth-order valence-electron chi connectivity index (χ4n) is 4.92. The van der Waals surface area contributed by atoms with Crippen LogP contribution < -0.4 is 10.6 Å². The summed E-state index contributed by atoms with van der Waals surface area (Å²) in [5.41, 5.74) is -0.626. The number of aliphatic hydroxyl groups is 1. The summed E-state index contributed by atoms with van der Waals surface area (Å²) in [5.74, 6) is -2.21. The maximum Gasteiger partial charge on any atom is 0.408 e. The normalized spacial score (nSPS) is 13.5. The summed E-state index contributed by atoms with van der Waals surface area (Å²) in [4.78, 5) is 55.9. The molecule has 3 atom stereocenters. The van der Waals surface area contributed by atoms with Gasteiger partial charge in [-0.3, -0.25) is 9.59 Å². The predicted octanol–water partition coefficient (Wildman–Crippen LogP) is 5.19. The van der Waals surface area contributed by atoms with Crippen molar-refractivity contribution in [3.8, 4) is 5.75 Å². The molecule has 11 heteroatoms. The van der Waals surface area contributed by atoms with Gasteiger partial charge >= 0.3 is 12.1 Å². The van der Waals surface area contributed by atoms with Gasteiger partial charge in [0, 0.05) is 13.0 Å². The van der Waals surface area contributed by atoms with Crippen LogP contribution >= 0.6 is 0 Å². The Labute approximate surface area is 279 Å². The third kappa shape index (κ3) is 14.0. The molecule has 0 bridgehead atoms. The van der Waals surface area contributed by atoms with E-state index < -0.39 is 59.8 Å². The van der Waals surface area contributed by atoms with Gasteiger partial charge in [0.15, 0.2) is 0 Å². The number of amides is 3. The SMILES string of the molecule is CCCCCCCN(C(=O)C(CO)NC(=O)OC(C)(C)C)C(C(=O)NC(Cc1ccccc1)C(=O)OC(C)(C)C)c1cccc(O)c1. The van der Waals surface area contributed by atoms with E-state index in [4.69, 9.17) is 9.47 Å². The van der Waals surface area contributed by atoms with E-state index in [1.165, 1.54) is 17.0 Å². The molecule has 0 aromatic heterocycles. The Morgan fingerprint density at radius 3 is 2.02 bits per heavy atom. The van der Waals surface area contributed by atoms with Crippen molar-refractivity contribution in [2.75, 3.05) is 13.2 Å². The molecule has 0 saturated heterocycles. The number of rotatable bonds is 16. The van der Waals surface area contributed by atoms with Gasteiger partial charge in [-0.25, -0.2) is 9.59 Å². The molecule has 0 spiro atoms. The van der Waals surface area contributed by atoms with Crippen molar-refractivity contribution in [1.82, 2.24) is 15.5 Å². The molecule has 0 aliphatic rings. The number of esters is 1. The molecule has 3 amide bonds. The van der Waals surface area contributed by atoms with Crippen LogP contribution in [-0.2, 0) is 30.3 Å². The lowest BCUT2D eigenvalue weighted by Gasteiger charge is -2.35. The smallest absolute Gasteiger partial charge is 0.408 e. The molecule has 0 fully saturated rings. The van der Waals surface area contributed by atoms with Crippen molar-refractivity contribution < 1.29 is 38.9 Å². The number of carbonyl (C=O) groups excluding carboxylic acids is 4. The number of phenolic OH excluding ortho intramolecular Hbond substituents is 1. The van der Waals surface area contributed by atoms with Crippen molar-refractivity contribution in [2.24, 2.45) is 0 Å². The van der Waals surface area contributed by atoms with Crippen LogP contribution in [0.5, 0.6) is 5.75 Å². The number of ether oxygens (including phenoxy) is 2. The standard InChI is InChI=1S/C36H53N3O8/c1-8-9-10-11-15-21-39(32(43)29(24-40)38-34(45)47-36(5,6)7)30(26-19-16-20-27(41)23-26)31(42)37-28(33(44)46-35(2,3)4)22-25-17-13-12-14-18-25/h12-14,16-20,23,28-30,40-41H,8-11,15,21-22,24H2,1-7H3,(H,37,42)(H,38,45). The second-order valence-electron chi connectivity index (χ2n) is 13.6. The molecule has 4 N–H and O–H groups in total. The Bertz CT molecular complexity index is 1300. The Morgan fingerprint density at radius 2 is 1.45 bits per heavy atom. The average Bonchev–Trinajstić information content (AvgIpc) is 2.97. The summed E-state index contributed by atoms with van der Waals surface area (Å²) in [6, 6.07) is 11.2. The first-order valence-electron chi connectivity index (χ1n) is 16.3. The molecule has 2 aromatic carbocycles. The van der Waals surface area contributed by atoms with Crippen LogP contribution in [0, 0.1) is 0 Å². The summed E-state index contributed by atoms with van der Waals surface area (Å²) >= 11 is 0. The fraction of sp³-hybridized carbons (Fsp3) is 0.556. The Hall–Kier alpha value is -4.12. The van der Waals surface area contributed by atoms with E-state index in [0.29, 0.717) is 6.42 Å². The maximum absolute atomic E-state index is 14.4. The number of hydrogen-bond donors (Lipinski definition) is 4. The summed E-state index contributed by atoms with van der Waals surface area (Å²) in [6.45, 7) is 11.6. The van der Waals surface area contributed by atoms with Gasteiger partial charge in [-0.1, -0.05) is 75.1 Å². The number of aliphatic hydroxyl groups excluding tert-OH is 1. The first kappa shape index (κ1) is 39.1. The highest BCUT2D eigenvalue weighted by molar-refractivity contribution is 5.94. The topological polar surface area (TPSA) is 154 Å². The van der Waals surface area contributed by atoms with Crippen LogP contribution in [0.25, 0.3) is 0 Å². The molecule has 2 aromatic rings. The van der Waals surface area contributed by atoms with Crippen LogP contribution in [0.1, 0.15) is 97.7 Å². The second-order valence-corrected chi connectivity index (χ2v) is 13.6. The molecule has 0 aliphatic heterocycles. The molecule has 47 heavy (non-hydrogen) atoms. The summed E-state index contributed by atoms with van der Waals surface area (Å²) in [7, 11) is 0. The van der Waals surface area contributed by atoms with Gasteiger partial charge in [0.25, 0.3) is 0 Å². The van der Waals surface area contributed by atoms with Crippen molar-refractivity contribution >= 4 is 23.9 Å². The van der Waals surface area contributed by atoms with E-state index in [0.717, 1.165) is 31.2 Å². The minimum absolute atomic E-state index is 0.0958. The number of hydrogen-bond acceptors (Lipinski definition) is 8. The van der Waals surface area contributed by atoms with E-state index in [9.17, 15) is 29.4 Å². The Balaban J connectivity index is 2.57. The number of nitrogens with one attached hydrogen (secondary N) is 2. The van der Waals surface area contributed by atoms with Gasteiger partial charge in [-0.2, -0.15) is 0 Å². The number of benzene rings is 2. The van der Waals surface area contributed by atoms with Gasteiger partial charge < -0.3 is 35.2 Å². The summed E-state index contributed by atoms with van der Waals surface area (Å²) in [5, 5.41) is 25.9. The zero-order valence-corrected chi connectivity index (χ0v) is 28.9. The van der Waals surface area contributed by atoms with Crippen LogP contribution in [0.2, 0.25) is 0 Å². The van der Waals surface area contributed by atoms with E-state index >= 15 is 0 Å². The molecule has 2 rings (SSSR count). The van der Waals surface area contributed by atoms with Crippen molar-refractivity contribution in [1.29, 1.82) is 0 Å². The van der Waals surface area contributed by atoms with Crippen molar-refractivity contribution in [2.45, 2.75) is 116 Å². The number of unbranched alkanes of at least 4 members (excludes halogenated alkanes) is 4. The second kappa shape index (κ2) is 18.3. The van der Waals surface area contributed by atoms with Crippen molar-refractivity contribution in [3.05, 3.63) is 65.7 Å². The highest BCUT2D eigenvalue weighted by atomic mass is 16.6. The van der Waals surface area contributed by atoms with Crippen molar-refractivity contribution in [3.63, 3.8) is 0 Å². The molecule has 0 radical (unpaired) electrons. The van der Waals surface area contributed by atoms with Crippen LogP contribution in [0.4, 0.5) is 4.79 Å². The quantitative estimate of drug-likeness (QED) is 0.142. The predicted molar refractivity (Wildman–Crippen MR) is 179 cm³/mol. The minimum atomic E-state index is -1.43. The lowest BCUT2D eigenvalue weighted by molar-refractivity contribution is -0.159. The van der Waals surface area contributed by atoms with Gasteiger partial charge in [-0.05, 0) is 71.2 Å². The highest BCUT2D eigenvalue weighted by Gasteiger charge is 2.38. The molecule has 0 saturated carbocycles. The molecule has 3 unspecified atom stereocenters. The lowest BCUT2D eigenvalue weighted by Crippen LogP contribution is -2.56. The first-order valence-corrected chi connectivity index (χ1v) is 16.3. The third-order valence-corrected chi connectivity index (χ3v) is 6.99. The first-order chi connectivity index (χ1) is 22.0. The average molecular weight is 656 g/mol. The molecule has 0 heterocycles. The zero-order chi connectivity index (χ0) is 35.2. The zero-order valence-electron chi connectivity index (χ0n) is 28.9. The maximum atomic E-state index is 14.4.